The molecule has 0 aromatic heterocycles. The number of benzene rings is 1. The summed E-state index contributed by atoms with van der Waals surface area (Å²) in [6, 6.07) is 7.48. The van der Waals surface area contributed by atoms with Crippen LogP contribution in [-0.4, -0.2) is 30.6 Å². The Hall–Kier alpha value is 0.1000. The average molecular weight is 402 g/mol. The zero-order valence-corrected chi connectivity index (χ0v) is 14.9. The molecule has 2 nitrogen and oxygen atoms in total. The van der Waals surface area contributed by atoms with Crippen molar-refractivity contribution < 1.29 is 0 Å². The van der Waals surface area contributed by atoms with E-state index in [0.717, 1.165) is 27.4 Å². The second-order valence-electron chi connectivity index (χ2n) is 6.10. The van der Waals surface area contributed by atoms with Gasteiger partial charge in [0.15, 0.2) is 0 Å². The third-order valence-corrected chi connectivity index (χ3v) is 6.26. The van der Waals surface area contributed by atoms with Gasteiger partial charge in [0.05, 0.1) is 0 Å². The zero-order chi connectivity index (χ0) is 13.9. The lowest BCUT2D eigenvalue weighted by Gasteiger charge is -2.30. The van der Waals surface area contributed by atoms with Crippen molar-refractivity contribution in [3.05, 3.63) is 32.7 Å². The van der Waals surface area contributed by atoms with E-state index in [0.29, 0.717) is 0 Å². The normalized spacial score (nSPS) is 20.6. The van der Waals surface area contributed by atoms with Gasteiger partial charge < -0.3 is 5.32 Å². The highest BCUT2D eigenvalue weighted by Gasteiger charge is 2.30. The maximum atomic E-state index is 3.61. The van der Waals surface area contributed by atoms with E-state index in [1.165, 1.54) is 50.9 Å². The van der Waals surface area contributed by atoms with Crippen LogP contribution in [0.1, 0.15) is 31.2 Å². The van der Waals surface area contributed by atoms with Crippen molar-refractivity contribution in [2.24, 2.45) is 5.92 Å². The molecule has 1 N–H and O–H groups in total. The molecule has 1 aromatic rings. The Kier molecular flexibility index (Phi) is 5.18. The molecular weight excluding hydrogens is 380 g/mol. The van der Waals surface area contributed by atoms with Crippen LogP contribution in [0.5, 0.6) is 0 Å². The lowest BCUT2D eigenvalue weighted by Crippen LogP contribution is -2.37. The summed E-state index contributed by atoms with van der Waals surface area (Å²) in [4.78, 5) is 2.71. The summed E-state index contributed by atoms with van der Waals surface area (Å²) < 4.78 is 2.30. The highest BCUT2D eigenvalue weighted by atomic mass is 79.9. The molecule has 0 atom stereocenters. The molecular formula is C16H22Br2N2. The van der Waals surface area contributed by atoms with E-state index < -0.39 is 0 Å². The van der Waals surface area contributed by atoms with Crippen molar-refractivity contribution in [2.75, 3.05) is 19.6 Å². The lowest BCUT2D eigenvalue weighted by atomic mass is 9.97. The third-order valence-electron chi connectivity index (χ3n) is 4.38. The minimum atomic E-state index is 0.840. The topological polar surface area (TPSA) is 15.3 Å². The number of nitrogens with one attached hydrogen (secondary N) is 1. The first-order valence-corrected chi connectivity index (χ1v) is 9.19. The molecule has 1 saturated carbocycles. The predicted octanol–water partition coefficient (Wildman–Crippen LogP) is 4.18. The molecule has 0 spiro atoms. The van der Waals surface area contributed by atoms with Gasteiger partial charge >= 0.3 is 0 Å². The largest absolute Gasteiger partial charge is 0.317 e. The van der Waals surface area contributed by atoms with E-state index in [2.05, 4.69) is 60.3 Å². The number of hydrogen-bond donors (Lipinski definition) is 1. The Morgan fingerprint density at radius 1 is 1.05 bits per heavy atom. The molecule has 1 aliphatic heterocycles. The molecule has 0 bridgehead atoms. The first-order chi connectivity index (χ1) is 9.72. The van der Waals surface area contributed by atoms with E-state index in [9.17, 15) is 0 Å². The SMILES string of the molecule is Brc1ccc(CN(CC2CCNCC2)C2CC2)cc1Br. The Labute approximate surface area is 138 Å². The quantitative estimate of drug-likeness (QED) is 0.796. The van der Waals surface area contributed by atoms with Gasteiger partial charge in [0.1, 0.15) is 0 Å². The Morgan fingerprint density at radius 3 is 2.45 bits per heavy atom. The van der Waals surface area contributed by atoms with Gasteiger partial charge in [-0.3, -0.25) is 4.90 Å². The molecule has 0 amide bonds. The molecule has 2 fully saturated rings. The van der Waals surface area contributed by atoms with Crippen LogP contribution in [0, 0.1) is 5.92 Å². The van der Waals surface area contributed by atoms with E-state index in [4.69, 9.17) is 0 Å². The monoisotopic (exact) mass is 400 g/mol. The Morgan fingerprint density at radius 2 is 1.80 bits per heavy atom. The minimum absolute atomic E-state index is 0.840. The highest BCUT2D eigenvalue weighted by Crippen LogP contribution is 2.31. The number of piperidine rings is 1. The third kappa shape index (κ3) is 4.06. The number of halogens is 2. The summed E-state index contributed by atoms with van der Waals surface area (Å²) in [5.74, 6) is 0.885. The van der Waals surface area contributed by atoms with Crippen LogP contribution in [0.4, 0.5) is 0 Å². The van der Waals surface area contributed by atoms with Crippen LogP contribution in [0.15, 0.2) is 27.1 Å². The fourth-order valence-electron chi connectivity index (χ4n) is 3.05. The van der Waals surface area contributed by atoms with Gasteiger partial charge in [-0.05, 0) is 94.2 Å². The van der Waals surface area contributed by atoms with Crippen molar-refractivity contribution >= 4 is 31.9 Å². The van der Waals surface area contributed by atoms with Crippen LogP contribution in [-0.2, 0) is 6.54 Å². The predicted molar refractivity (Wildman–Crippen MR) is 90.9 cm³/mol. The summed E-state index contributed by atoms with van der Waals surface area (Å²) >= 11 is 7.16. The van der Waals surface area contributed by atoms with Gasteiger partial charge in [0.25, 0.3) is 0 Å². The molecule has 1 heterocycles. The molecule has 0 unspecified atom stereocenters. The number of hydrogen-bond acceptors (Lipinski definition) is 2. The maximum Gasteiger partial charge on any atom is 0.0320 e. The highest BCUT2D eigenvalue weighted by molar-refractivity contribution is 9.13. The smallest absolute Gasteiger partial charge is 0.0320 e. The molecule has 0 radical (unpaired) electrons. The van der Waals surface area contributed by atoms with Gasteiger partial charge in [-0.25, -0.2) is 0 Å². The summed E-state index contributed by atoms with van der Waals surface area (Å²) in [7, 11) is 0. The van der Waals surface area contributed by atoms with Crippen LogP contribution < -0.4 is 5.32 Å². The molecule has 4 heteroatoms. The summed E-state index contributed by atoms with van der Waals surface area (Å²) in [6.07, 6.45) is 5.46. The van der Waals surface area contributed by atoms with Crippen molar-refractivity contribution in [2.45, 2.75) is 38.3 Å². The summed E-state index contributed by atoms with van der Waals surface area (Å²) in [5, 5.41) is 3.47. The Balaban J connectivity index is 1.62. The number of nitrogens with zero attached hydrogens (tertiary/aromatic N) is 1. The first kappa shape index (κ1) is 15.0. The van der Waals surface area contributed by atoms with Crippen molar-refractivity contribution in [3.63, 3.8) is 0 Å². The first-order valence-electron chi connectivity index (χ1n) is 7.61. The van der Waals surface area contributed by atoms with Crippen LogP contribution in [0.2, 0.25) is 0 Å². The molecule has 3 rings (SSSR count). The van der Waals surface area contributed by atoms with Crippen LogP contribution >= 0.6 is 31.9 Å². The van der Waals surface area contributed by atoms with Gasteiger partial charge in [0, 0.05) is 28.1 Å². The zero-order valence-electron chi connectivity index (χ0n) is 11.7. The van der Waals surface area contributed by atoms with Gasteiger partial charge in [-0.15, -0.1) is 0 Å². The van der Waals surface area contributed by atoms with Crippen molar-refractivity contribution in [3.8, 4) is 0 Å². The van der Waals surface area contributed by atoms with Gasteiger partial charge in [-0.2, -0.15) is 0 Å². The van der Waals surface area contributed by atoms with Gasteiger partial charge in [-0.1, -0.05) is 6.07 Å². The molecule has 1 aromatic carbocycles. The molecule has 1 aliphatic carbocycles. The summed E-state index contributed by atoms with van der Waals surface area (Å²) in [5.41, 5.74) is 1.42. The molecule has 1 saturated heterocycles. The number of rotatable bonds is 5. The van der Waals surface area contributed by atoms with Crippen LogP contribution in [0.3, 0.4) is 0 Å². The van der Waals surface area contributed by atoms with E-state index in [1.807, 2.05) is 0 Å². The maximum absolute atomic E-state index is 3.61. The standard InChI is InChI=1S/C16H22Br2N2/c17-15-4-1-13(9-16(15)18)11-20(14-2-3-14)10-12-5-7-19-8-6-12/h1,4,9,12,14,19H,2-3,5-8,10-11H2. The summed E-state index contributed by atoms with van der Waals surface area (Å²) in [6.45, 7) is 4.78. The second kappa shape index (κ2) is 6.91. The molecule has 20 heavy (non-hydrogen) atoms. The van der Waals surface area contributed by atoms with Gasteiger partial charge in [0.2, 0.25) is 0 Å². The lowest BCUT2D eigenvalue weighted by molar-refractivity contribution is 0.190. The minimum Gasteiger partial charge on any atom is -0.317 e. The fraction of sp³-hybridized carbons (Fsp3) is 0.625. The van der Waals surface area contributed by atoms with E-state index >= 15 is 0 Å². The van der Waals surface area contributed by atoms with E-state index in [-0.39, 0.29) is 0 Å². The molecule has 2 aliphatic rings. The van der Waals surface area contributed by atoms with E-state index in [1.54, 1.807) is 0 Å². The van der Waals surface area contributed by atoms with Crippen molar-refractivity contribution in [1.82, 2.24) is 10.2 Å². The van der Waals surface area contributed by atoms with Crippen LogP contribution in [0.25, 0.3) is 0 Å². The fourth-order valence-corrected chi connectivity index (χ4v) is 3.72. The molecule has 110 valence electrons. The second-order valence-corrected chi connectivity index (χ2v) is 7.81. The average Bonchev–Trinajstić information content (AvgIpc) is 3.28. The van der Waals surface area contributed by atoms with Crippen molar-refractivity contribution in [1.29, 1.82) is 0 Å². The Bertz CT molecular complexity index is 454.